The summed E-state index contributed by atoms with van der Waals surface area (Å²) >= 11 is 0. The van der Waals surface area contributed by atoms with Gasteiger partial charge in [0.1, 0.15) is 5.60 Å². The van der Waals surface area contributed by atoms with Crippen LogP contribution in [0.25, 0.3) is 0 Å². The fourth-order valence-electron chi connectivity index (χ4n) is 1.61. The van der Waals surface area contributed by atoms with Gasteiger partial charge < -0.3 is 10.2 Å². The highest BCUT2D eigenvalue weighted by Crippen LogP contribution is 2.14. The molecule has 0 aliphatic heterocycles. The molecule has 0 fully saturated rings. The predicted octanol–water partition coefficient (Wildman–Crippen LogP) is 2.41. The second kappa shape index (κ2) is 9.45. The predicted molar refractivity (Wildman–Crippen MR) is 81.9 cm³/mol. The number of Topliss-reactive ketones (excluding diaryl/α,β-unsaturated/α-hetero) is 2. The van der Waals surface area contributed by atoms with E-state index in [4.69, 9.17) is 4.74 Å². The molecule has 0 aromatic carbocycles. The van der Waals surface area contributed by atoms with Crippen molar-refractivity contribution in [1.82, 2.24) is 0 Å². The molecule has 0 radical (unpaired) electrons. The normalized spacial score (nSPS) is 11.9. The molecule has 2 N–H and O–H groups in total. The number of allylic oxidation sites excluding steroid dienone is 2. The zero-order chi connectivity index (χ0) is 15.9. The number of hydrogen-bond acceptors (Lipinski definition) is 4. The van der Waals surface area contributed by atoms with E-state index in [0.29, 0.717) is 0 Å². The van der Waals surface area contributed by atoms with Crippen LogP contribution < -0.4 is 0 Å². The van der Waals surface area contributed by atoms with Gasteiger partial charge in [-0.3, -0.25) is 9.59 Å². The summed E-state index contributed by atoms with van der Waals surface area (Å²) in [5, 5.41) is 0. The van der Waals surface area contributed by atoms with Crippen LogP contribution in [-0.4, -0.2) is 28.6 Å². The Morgan fingerprint density at radius 1 is 1.14 bits per heavy atom. The fourth-order valence-corrected chi connectivity index (χ4v) is 1.61. The van der Waals surface area contributed by atoms with Gasteiger partial charge in [-0.05, 0) is 53.4 Å². The van der Waals surface area contributed by atoms with Crippen molar-refractivity contribution in [2.24, 2.45) is 5.92 Å². The van der Waals surface area contributed by atoms with E-state index in [1.54, 1.807) is 20.8 Å². The molecule has 5 nitrogen and oxygen atoms in total. The van der Waals surface area contributed by atoms with Crippen molar-refractivity contribution in [3.05, 3.63) is 11.6 Å². The third kappa shape index (κ3) is 10.9. The average molecular weight is 300 g/mol. The van der Waals surface area contributed by atoms with E-state index in [1.807, 2.05) is 20.8 Å². The minimum absolute atomic E-state index is 0. The highest BCUT2D eigenvalue weighted by molar-refractivity contribution is 6.62. The molecule has 0 heterocycles. The van der Waals surface area contributed by atoms with Crippen LogP contribution >= 0.6 is 0 Å². The van der Waals surface area contributed by atoms with Crippen LogP contribution in [0, 0.1) is 5.92 Å². The van der Waals surface area contributed by atoms with Gasteiger partial charge in [0, 0.05) is 6.42 Å². The van der Waals surface area contributed by atoms with E-state index < -0.39 is 23.1 Å². The van der Waals surface area contributed by atoms with Crippen molar-refractivity contribution < 1.29 is 24.6 Å². The van der Waals surface area contributed by atoms with Crippen molar-refractivity contribution in [3.63, 3.8) is 0 Å². The van der Waals surface area contributed by atoms with Crippen LogP contribution in [0.3, 0.4) is 0 Å². The molecule has 0 rings (SSSR count). The van der Waals surface area contributed by atoms with Gasteiger partial charge in [0.25, 0.3) is 0 Å². The van der Waals surface area contributed by atoms with Crippen LogP contribution in [0.15, 0.2) is 11.6 Å². The Kier molecular flexibility index (Phi) is 9.81. The van der Waals surface area contributed by atoms with Crippen molar-refractivity contribution >= 4 is 17.5 Å². The summed E-state index contributed by atoms with van der Waals surface area (Å²) in [4.78, 5) is 34.8. The van der Waals surface area contributed by atoms with E-state index >= 15 is 0 Å². The minimum Gasteiger partial charge on any atom is -0.454 e. The van der Waals surface area contributed by atoms with E-state index in [1.165, 1.54) is 5.57 Å². The van der Waals surface area contributed by atoms with E-state index in [2.05, 4.69) is 6.08 Å². The maximum atomic E-state index is 11.7. The average Bonchev–Trinajstić information content (AvgIpc) is 2.24. The van der Waals surface area contributed by atoms with Gasteiger partial charge >= 0.3 is 11.8 Å². The molecular weight excluding hydrogens is 272 g/mol. The molecule has 0 aliphatic carbocycles. The lowest BCUT2D eigenvalue weighted by Gasteiger charge is -2.18. The smallest absolute Gasteiger partial charge is 0.383 e. The number of rotatable bonds is 7. The molecule has 122 valence electrons. The lowest BCUT2D eigenvalue weighted by Crippen LogP contribution is -2.33. The zero-order valence-electron chi connectivity index (χ0n) is 13.9. The van der Waals surface area contributed by atoms with Crippen LogP contribution in [0.5, 0.6) is 0 Å². The third-order valence-electron chi connectivity index (χ3n) is 2.58. The molecule has 1 unspecified atom stereocenters. The van der Waals surface area contributed by atoms with E-state index in [9.17, 15) is 14.4 Å². The van der Waals surface area contributed by atoms with Crippen LogP contribution in [0.4, 0.5) is 0 Å². The lowest BCUT2D eigenvalue weighted by molar-refractivity contribution is -0.164. The first kappa shape index (κ1) is 21.8. The molecule has 0 aromatic heterocycles. The SMILES string of the molecule is CC(C)=CCCC(C)CC(=O)C(=O)C(=O)OC(C)(C)C.O. The summed E-state index contributed by atoms with van der Waals surface area (Å²) in [6, 6.07) is 0. The van der Waals surface area contributed by atoms with E-state index in [0.717, 1.165) is 12.8 Å². The molecule has 0 aliphatic rings. The first-order chi connectivity index (χ1) is 9.03. The van der Waals surface area contributed by atoms with Crippen LogP contribution in [0.2, 0.25) is 0 Å². The molecule has 0 spiro atoms. The molecule has 0 aromatic rings. The maximum Gasteiger partial charge on any atom is 0.383 e. The summed E-state index contributed by atoms with van der Waals surface area (Å²) < 4.78 is 4.90. The number of carbonyl (C=O) groups excluding carboxylic acids is 3. The van der Waals surface area contributed by atoms with Gasteiger partial charge in [-0.15, -0.1) is 0 Å². The first-order valence-corrected chi connectivity index (χ1v) is 6.96. The molecule has 1 atom stereocenters. The lowest BCUT2D eigenvalue weighted by atomic mass is 9.97. The Bertz CT molecular complexity index is 397. The van der Waals surface area contributed by atoms with Gasteiger partial charge in [-0.25, -0.2) is 4.79 Å². The number of esters is 1. The van der Waals surface area contributed by atoms with Gasteiger partial charge in [0.15, 0.2) is 0 Å². The van der Waals surface area contributed by atoms with Crippen molar-refractivity contribution in [2.75, 3.05) is 0 Å². The van der Waals surface area contributed by atoms with E-state index in [-0.39, 0.29) is 17.8 Å². The molecule has 0 saturated heterocycles. The van der Waals surface area contributed by atoms with Crippen molar-refractivity contribution in [1.29, 1.82) is 0 Å². The fraction of sp³-hybridized carbons (Fsp3) is 0.688. The van der Waals surface area contributed by atoms with Crippen LogP contribution in [-0.2, 0) is 19.1 Å². The minimum atomic E-state index is -1.06. The Morgan fingerprint density at radius 3 is 2.10 bits per heavy atom. The monoisotopic (exact) mass is 300 g/mol. The molecule has 0 bridgehead atoms. The summed E-state index contributed by atoms with van der Waals surface area (Å²) in [6.07, 6.45) is 3.88. The number of ketones is 2. The summed E-state index contributed by atoms with van der Waals surface area (Å²) in [7, 11) is 0. The third-order valence-corrected chi connectivity index (χ3v) is 2.58. The second-order valence-electron chi connectivity index (χ2n) is 6.42. The van der Waals surface area contributed by atoms with Gasteiger partial charge in [0.05, 0.1) is 0 Å². The maximum absolute atomic E-state index is 11.7. The van der Waals surface area contributed by atoms with Crippen molar-refractivity contribution in [2.45, 2.75) is 66.4 Å². The molecular formula is C16H28O5. The first-order valence-electron chi connectivity index (χ1n) is 6.96. The Balaban J connectivity index is 0. The number of carbonyl (C=O) groups is 3. The van der Waals surface area contributed by atoms with Gasteiger partial charge in [0.2, 0.25) is 5.78 Å². The van der Waals surface area contributed by atoms with Crippen LogP contribution in [0.1, 0.15) is 60.8 Å². The quantitative estimate of drug-likeness (QED) is 0.312. The summed E-state index contributed by atoms with van der Waals surface area (Å²) in [5.41, 5.74) is 0.468. The Morgan fingerprint density at radius 2 is 1.67 bits per heavy atom. The van der Waals surface area contributed by atoms with Gasteiger partial charge in [-0.2, -0.15) is 0 Å². The number of hydrogen-bond donors (Lipinski definition) is 0. The largest absolute Gasteiger partial charge is 0.454 e. The molecule has 5 heteroatoms. The molecule has 0 amide bonds. The zero-order valence-corrected chi connectivity index (χ0v) is 13.9. The molecule has 21 heavy (non-hydrogen) atoms. The van der Waals surface area contributed by atoms with Gasteiger partial charge in [-0.1, -0.05) is 18.6 Å². The molecule has 0 saturated carbocycles. The van der Waals surface area contributed by atoms with Crippen molar-refractivity contribution in [3.8, 4) is 0 Å². The standard InChI is InChI=1S/C16H26O4.H2O/c1-11(2)8-7-9-12(3)10-13(17)14(18)15(19)20-16(4,5)6;/h8,12H,7,9-10H2,1-6H3;1H2. The summed E-state index contributed by atoms with van der Waals surface area (Å²) in [5.74, 6) is -2.69. The highest BCUT2D eigenvalue weighted by Gasteiger charge is 2.28. The highest BCUT2D eigenvalue weighted by atomic mass is 16.6. The Hall–Kier alpha value is -1.49. The number of ether oxygens (including phenoxy) is 1. The summed E-state index contributed by atoms with van der Waals surface area (Å²) in [6.45, 7) is 10.9. The Labute approximate surface area is 127 Å². The second-order valence-corrected chi connectivity index (χ2v) is 6.42. The topological polar surface area (TPSA) is 91.9 Å².